The van der Waals surface area contributed by atoms with Gasteiger partial charge >= 0.3 is 0 Å². The van der Waals surface area contributed by atoms with Crippen molar-refractivity contribution < 1.29 is 9.21 Å². The van der Waals surface area contributed by atoms with E-state index < -0.39 is 5.54 Å². The third-order valence-corrected chi connectivity index (χ3v) is 4.88. The highest BCUT2D eigenvalue weighted by molar-refractivity contribution is 14.0. The van der Waals surface area contributed by atoms with Gasteiger partial charge in [-0.05, 0) is 13.8 Å². The van der Waals surface area contributed by atoms with Gasteiger partial charge in [0.1, 0.15) is 5.76 Å². The van der Waals surface area contributed by atoms with Crippen molar-refractivity contribution in [1.82, 2.24) is 20.1 Å². The van der Waals surface area contributed by atoms with Crippen LogP contribution in [0.3, 0.4) is 0 Å². The molecule has 0 atom stereocenters. The van der Waals surface area contributed by atoms with Gasteiger partial charge in [0, 0.05) is 38.6 Å². The Labute approximate surface area is 179 Å². The molecule has 0 radical (unpaired) electrons. The van der Waals surface area contributed by atoms with Gasteiger partial charge in [-0.15, -0.1) is 24.0 Å². The van der Waals surface area contributed by atoms with Gasteiger partial charge in [-0.25, -0.2) is 4.98 Å². The number of nitrogens with one attached hydrogen (secondary N) is 1. The Morgan fingerprint density at radius 1 is 1.26 bits per heavy atom. The van der Waals surface area contributed by atoms with Crippen LogP contribution in [-0.4, -0.2) is 65.4 Å². The minimum Gasteiger partial charge on any atom is -0.443 e. The first kappa shape index (κ1) is 23.7. The SMILES string of the molecule is CN=C(NCc1ncc(C(C)(C)C)o1)N1CCN(C(C)(C)C(N)=O)CC1.I. The third kappa shape index (κ3) is 5.81. The predicted molar refractivity (Wildman–Crippen MR) is 117 cm³/mol. The molecule has 0 saturated carbocycles. The number of guanidine groups is 1. The monoisotopic (exact) mass is 492 g/mol. The zero-order valence-electron chi connectivity index (χ0n) is 17.2. The van der Waals surface area contributed by atoms with E-state index in [1.54, 1.807) is 13.2 Å². The van der Waals surface area contributed by atoms with Crippen LogP contribution in [0.2, 0.25) is 0 Å². The molecular weight excluding hydrogens is 459 g/mol. The molecule has 1 saturated heterocycles. The van der Waals surface area contributed by atoms with Crippen molar-refractivity contribution >= 4 is 35.8 Å². The lowest BCUT2D eigenvalue weighted by Gasteiger charge is -2.43. The molecule has 27 heavy (non-hydrogen) atoms. The minimum absolute atomic E-state index is 0. The van der Waals surface area contributed by atoms with Crippen molar-refractivity contribution in [3.8, 4) is 0 Å². The first-order valence-corrected chi connectivity index (χ1v) is 9.01. The molecule has 0 unspecified atom stereocenters. The van der Waals surface area contributed by atoms with E-state index in [1.165, 1.54) is 0 Å². The van der Waals surface area contributed by atoms with Crippen molar-refractivity contribution in [3.05, 3.63) is 17.8 Å². The number of halogens is 1. The molecule has 2 heterocycles. The maximum atomic E-state index is 11.6. The average molecular weight is 492 g/mol. The molecule has 0 aliphatic carbocycles. The van der Waals surface area contributed by atoms with Crippen LogP contribution in [-0.2, 0) is 16.8 Å². The van der Waals surface area contributed by atoms with E-state index in [0.717, 1.165) is 37.9 Å². The molecule has 0 aromatic carbocycles. The number of aromatic nitrogens is 1. The fraction of sp³-hybridized carbons (Fsp3) is 0.722. The van der Waals surface area contributed by atoms with Gasteiger partial charge in [-0.1, -0.05) is 20.8 Å². The summed E-state index contributed by atoms with van der Waals surface area (Å²) in [7, 11) is 1.76. The molecule has 1 amide bonds. The third-order valence-electron chi connectivity index (χ3n) is 4.88. The maximum absolute atomic E-state index is 11.6. The van der Waals surface area contributed by atoms with Crippen molar-refractivity contribution in [1.29, 1.82) is 0 Å². The Bertz CT molecular complexity index is 657. The lowest BCUT2D eigenvalue weighted by atomic mass is 9.94. The molecular formula is C18H33IN6O2. The number of carbonyl (C=O) groups is 1. The van der Waals surface area contributed by atoms with Crippen LogP contribution in [0.4, 0.5) is 0 Å². The van der Waals surface area contributed by atoms with E-state index in [1.807, 2.05) is 13.8 Å². The van der Waals surface area contributed by atoms with Crippen molar-refractivity contribution in [2.45, 2.75) is 52.1 Å². The summed E-state index contributed by atoms with van der Waals surface area (Å²) in [6.45, 7) is 13.6. The van der Waals surface area contributed by atoms with Gasteiger partial charge in [-0.2, -0.15) is 0 Å². The number of rotatable bonds is 4. The van der Waals surface area contributed by atoms with Gasteiger partial charge in [0.05, 0.1) is 18.3 Å². The number of oxazole rings is 1. The Morgan fingerprint density at radius 2 is 1.85 bits per heavy atom. The van der Waals surface area contributed by atoms with E-state index in [9.17, 15) is 4.79 Å². The number of piperazine rings is 1. The number of nitrogens with zero attached hydrogens (tertiary/aromatic N) is 4. The van der Waals surface area contributed by atoms with E-state index in [-0.39, 0.29) is 35.3 Å². The van der Waals surface area contributed by atoms with Crippen LogP contribution in [0.1, 0.15) is 46.3 Å². The first-order valence-electron chi connectivity index (χ1n) is 9.01. The Balaban J connectivity index is 0.00000364. The Morgan fingerprint density at radius 3 is 2.30 bits per heavy atom. The topological polar surface area (TPSA) is 100.0 Å². The summed E-state index contributed by atoms with van der Waals surface area (Å²) in [5.74, 6) is 2.01. The lowest BCUT2D eigenvalue weighted by Crippen LogP contribution is -2.61. The second-order valence-electron chi connectivity index (χ2n) is 8.17. The van der Waals surface area contributed by atoms with Crippen molar-refractivity contribution in [2.24, 2.45) is 10.7 Å². The molecule has 1 aliphatic heterocycles. The molecule has 1 fully saturated rings. The van der Waals surface area contributed by atoms with E-state index in [4.69, 9.17) is 10.2 Å². The van der Waals surface area contributed by atoms with E-state index >= 15 is 0 Å². The molecule has 1 aliphatic rings. The van der Waals surface area contributed by atoms with Gasteiger partial charge < -0.3 is 20.4 Å². The number of amides is 1. The molecule has 0 spiro atoms. The lowest BCUT2D eigenvalue weighted by molar-refractivity contribution is -0.129. The summed E-state index contributed by atoms with van der Waals surface area (Å²) < 4.78 is 5.81. The molecule has 1 aromatic heterocycles. The summed E-state index contributed by atoms with van der Waals surface area (Å²) in [4.78, 5) is 24.6. The summed E-state index contributed by atoms with van der Waals surface area (Å²) in [6.07, 6.45) is 1.78. The second-order valence-corrected chi connectivity index (χ2v) is 8.17. The first-order chi connectivity index (χ1) is 12.1. The fourth-order valence-electron chi connectivity index (χ4n) is 2.86. The summed E-state index contributed by atoms with van der Waals surface area (Å²) >= 11 is 0. The van der Waals surface area contributed by atoms with Crippen LogP contribution >= 0.6 is 24.0 Å². The van der Waals surface area contributed by atoms with Crippen LogP contribution in [0.25, 0.3) is 0 Å². The van der Waals surface area contributed by atoms with Gasteiger partial charge in [0.15, 0.2) is 5.96 Å². The zero-order valence-corrected chi connectivity index (χ0v) is 19.5. The minimum atomic E-state index is -0.634. The number of nitrogens with two attached hydrogens (primary N) is 1. The number of aliphatic imine (C=N–C) groups is 1. The molecule has 9 heteroatoms. The molecule has 8 nitrogen and oxygen atoms in total. The molecule has 2 rings (SSSR count). The Hall–Kier alpha value is -1.36. The largest absolute Gasteiger partial charge is 0.443 e. The van der Waals surface area contributed by atoms with Gasteiger partial charge in [0.2, 0.25) is 11.8 Å². The van der Waals surface area contributed by atoms with Gasteiger partial charge in [-0.3, -0.25) is 14.7 Å². The van der Waals surface area contributed by atoms with Crippen molar-refractivity contribution in [3.63, 3.8) is 0 Å². The Kier molecular flexibility index (Phi) is 8.09. The number of hydrogen-bond acceptors (Lipinski definition) is 5. The summed E-state index contributed by atoms with van der Waals surface area (Å²) in [6, 6.07) is 0. The van der Waals surface area contributed by atoms with Crippen LogP contribution in [0, 0.1) is 0 Å². The zero-order chi connectivity index (χ0) is 19.5. The van der Waals surface area contributed by atoms with Gasteiger partial charge in [0.25, 0.3) is 0 Å². The van der Waals surface area contributed by atoms with Crippen LogP contribution < -0.4 is 11.1 Å². The quantitative estimate of drug-likeness (QED) is 0.376. The molecule has 1 aromatic rings. The second kappa shape index (κ2) is 9.22. The maximum Gasteiger partial charge on any atom is 0.237 e. The normalized spacial score (nSPS) is 16.8. The standard InChI is InChI=1S/C18H32N6O2.HI/c1-17(2,3)13-11-21-14(26-13)12-22-16(20-6)23-7-9-24(10-8-23)18(4,5)15(19)25;/h11H,7-10,12H2,1-6H3,(H2,19,25)(H,20,22);1H. The summed E-state index contributed by atoms with van der Waals surface area (Å²) in [5.41, 5.74) is 4.83. The highest BCUT2D eigenvalue weighted by Crippen LogP contribution is 2.22. The van der Waals surface area contributed by atoms with Crippen LogP contribution in [0.15, 0.2) is 15.6 Å². The number of hydrogen-bond donors (Lipinski definition) is 2. The summed E-state index contributed by atoms with van der Waals surface area (Å²) in [5, 5.41) is 3.31. The molecule has 3 N–H and O–H groups in total. The van der Waals surface area contributed by atoms with Crippen molar-refractivity contribution in [2.75, 3.05) is 33.2 Å². The number of carbonyl (C=O) groups excluding carboxylic acids is 1. The highest BCUT2D eigenvalue weighted by Gasteiger charge is 2.35. The van der Waals surface area contributed by atoms with Crippen LogP contribution in [0.5, 0.6) is 0 Å². The number of primary amides is 1. The molecule has 154 valence electrons. The molecule has 0 bridgehead atoms. The average Bonchev–Trinajstić information content (AvgIpc) is 3.05. The fourth-order valence-corrected chi connectivity index (χ4v) is 2.86. The van der Waals surface area contributed by atoms with E-state index in [0.29, 0.717) is 12.4 Å². The highest BCUT2D eigenvalue weighted by atomic mass is 127. The van der Waals surface area contributed by atoms with E-state index in [2.05, 4.69) is 45.9 Å². The smallest absolute Gasteiger partial charge is 0.237 e. The predicted octanol–water partition coefficient (Wildman–Crippen LogP) is 1.55.